The number of nitro groups is 1. The van der Waals surface area contributed by atoms with Crippen LogP contribution >= 0.6 is 0 Å². The molecule has 0 aromatic heterocycles. The Morgan fingerprint density at radius 3 is 2.43 bits per heavy atom. The highest BCUT2D eigenvalue weighted by Gasteiger charge is 2.25. The fraction of sp³-hybridized carbons (Fsp3) is 0.500. The Hall–Kier alpha value is -2.44. The van der Waals surface area contributed by atoms with E-state index in [0.29, 0.717) is 25.0 Å². The highest BCUT2D eigenvalue weighted by atomic mass is 16.6. The van der Waals surface area contributed by atoms with Crippen molar-refractivity contribution in [2.24, 2.45) is 11.7 Å². The van der Waals surface area contributed by atoms with E-state index in [-0.39, 0.29) is 11.6 Å². The second-order valence-corrected chi connectivity index (χ2v) is 6.40. The van der Waals surface area contributed by atoms with Crippen molar-refractivity contribution >= 4 is 17.5 Å². The summed E-state index contributed by atoms with van der Waals surface area (Å²) in [5, 5.41) is 18.7. The lowest BCUT2D eigenvalue weighted by Crippen LogP contribution is -2.33. The van der Waals surface area contributed by atoms with Gasteiger partial charge in [-0.1, -0.05) is 19.1 Å². The molecule has 0 aliphatic heterocycles. The minimum atomic E-state index is -0.803. The summed E-state index contributed by atoms with van der Waals surface area (Å²) in [6.45, 7) is 5.55. The molecule has 0 saturated heterocycles. The third-order valence-electron chi connectivity index (χ3n) is 3.38. The van der Waals surface area contributed by atoms with Crippen LogP contribution in [0.5, 0.6) is 0 Å². The Morgan fingerprint density at radius 2 is 1.96 bits per heavy atom. The number of nitro benzene ring substituents is 1. The van der Waals surface area contributed by atoms with Gasteiger partial charge in [-0.05, 0) is 38.2 Å². The van der Waals surface area contributed by atoms with Crippen molar-refractivity contribution in [1.82, 2.24) is 0 Å². The van der Waals surface area contributed by atoms with Crippen molar-refractivity contribution < 1.29 is 14.5 Å². The summed E-state index contributed by atoms with van der Waals surface area (Å²) in [5.74, 6) is 0.148. The van der Waals surface area contributed by atoms with E-state index >= 15 is 0 Å². The predicted octanol–water partition coefficient (Wildman–Crippen LogP) is 3.45. The van der Waals surface area contributed by atoms with Gasteiger partial charge in [0.1, 0.15) is 5.60 Å². The molecule has 0 unspecified atom stereocenters. The second kappa shape index (κ2) is 7.71. The molecule has 0 heterocycles. The van der Waals surface area contributed by atoms with Gasteiger partial charge in [0.2, 0.25) is 0 Å². The fourth-order valence-electron chi connectivity index (χ4n) is 2.70. The van der Waals surface area contributed by atoms with Gasteiger partial charge in [0.15, 0.2) is 0 Å². The summed E-state index contributed by atoms with van der Waals surface area (Å²) in [5.41, 5.74) is 5.80. The SMILES string of the molecule is C[C@@H](CC(=N)Cc1ccc([N+](=O)[O-])cc1)CC(C)(C)OC(N)=O. The third-order valence-corrected chi connectivity index (χ3v) is 3.38. The lowest BCUT2D eigenvalue weighted by Gasteiger charge is -2.27. The molecule has 0 saturated carbocycles. The van der Waals surface area contributed by atoms with Crippen LogP contribution in [0, 0.1) is 21.4 Å². The first-order valence-corrected chi connectivity index (χ1v) is 7.37. The average molecular weight is 321 g/mol. The Balaban J connectivity index is 2.52. The summed E-state index contributed by atoms with van der Waals surface area (Å²) in [7, 11) is 0. The smallest absolute Gasteiger partial charge is 0.405 e. The molecule has 1 rings (SSSR count). The fourth-order valence-corrected chi connectivity index (χ4v) is 2.70. The Kier molecular flexibility index (Phi) is 6.24. The minimum absolute atomic E-state index is 0.0407. The van der Waals surface area contributed by atoms with E-state index in [1.165, 1.54) is 12.1 Å². The second-order valence-electron chi connectivity index (χ2n) is 6.40. The minimum Gasteiger partial charge on any atom is -0.444 e. The number of hydrogen-bond acceptors (Lipinski definition) is 5. The van der Waals surface area contributed by atoms with Crippen molar-refractivity contribution in [3.05, 3.63) is 39.9 Å². The number of non-ortho nitro benzene ring substituents is 1. The molecule has 1 atom stereocenters. The van der Waals surface area contributed by atoms with Crippen molar-refractivity contribution in [3.8, 4) is 0 Å². The molecule has 1 aromatic rings. The molecule has 7 heteroatoms. The van der Waals surface area contributed by atoms with Crippen LogP contribution in [0.2, 0.25) is 0 Å². The van der Waals surface area contributed by atoms with Gasteiger partial charge < -0.3 is 15.9 Å². The number of ether oxygens (including phenoxy) is 1. The van der Waals surface area contributed by atoms with Crippen LogP contribution in [0.1, 0.15) is 39.2 Å². The largest absolute Gasteiger partial charge is 0.444 e. The molecule has 0 radical (unpaired) electrons. The molecule has 7 nitrogen and oxygen atoms in total. The first-order chi connectivity index (χ1) is 10.6. The number of benzene rings is 1. The number of nitrogens with one attached hydrogen (secondary N) is 1. The van der Waals surface area contributed by atoms with Crippen LogP contribution < -0.4 is 5.73 Å². The predicted molar refractivity (Wildman–Crippen MR) is 87.7 cm³/mol. The Morgan fingerprint density at radius 1 is 1.39 bits per heavy atom. The van der Waals surface area contributed by atoms with Crippen LogP contribution in [0.3, 0.4) is 0 Å². The van der Waals surface area contributed by atoms with Crippen molar-refractivity contribution in [3.63, 3.8) is 0 Å². The van der Waals surface area contributed by atoms with E-state index in [1.807, 2.05) is 6.92 Å². The molecule has 1 amide bonds. The number of carbonyl (C=O) groups is 1. The van der Waals surface area contributed by atoms with Crippen molar-refractivity contribution in [1.29, 1.82) is 5.41 Å². The molecular formula is C16H23N3O4. The zero-order valence-electron chi connectivity index (χ0n) is 13.7. The number of rotatable bonds is 8. The van der Waals surface area contributed by atoms with Crippen LogP contribution in [-0.4, -0.2) is 22.3 Å². The number of carbonyl (C=O) groups excluding carboxylic acids is 1. The first kappa shape index (κ1) is 18.6. The molecule has 126 valence electrons. The van der Waals surface area contributed by atoms with Gasteiger partial charge in [-0.15, -0.1) is 0 Å². The number of primary amides is 1. The highest BCUT2D eigenvalue weighted by molar-refractivity contribution is 5.83. The molecule has 3 N–H and O–H groups in total. The molecule has 0 aliphatic carbocycles. The van der Waals surface area contributed by atoms with Gasteiger partial charge in [0.25, 0.3) is 5.69 Å². The lowest BCUT2D eigenvalue weighted by molar-refractivity contribution is -0.384. The molecule has 0 bridgehead atoms. The maximum absolute atomic E-state index is 10.8. The zero-order chi connectivity index (χ0) is 17.6. The molecule has 0 spiro atoms. The number of nitrogens with zero attached hydrogens (tertiary/aromatic N) is 1. The standard InChI is InChI=1S/C16H23N3O4/c1-11(10-16(2,3)23-15(18)20)8-13(17)9-12-4-6-14(7-5-12)19(21)22/h4-7,11,17H,8-10H2,1-3H3,(H2,18,20)/t11-/m0/s1. The molecule has 1 aromatic carbocycles. The highest BCUT2D eigenvalue weighted by Crippen LogP contribution is 2.23. The van der Waals surface area contributed by atoms with E-state index in [0.717, 1.165) is 5.56 Å². The number of nitrogens with two attached hydrogens (primary N) is 1. The lowest BCUT2D eigenvalue weighted by atomic mass is 9.89. The normalized spacial score (nSPS) is 12.5. The summed E-state index contributed by atoms with van der Waals surface area (Å²) in [6, 6.07) is 6.21. The van der Waals surface area contributed by atoms with Gasteiger partial charge in [0.05, 0.1) is 4.92 Å². The maximum Gasteiger partial charge on any atom is 0.405 e. The van der Waals surface area contributed by atoms with E-state index in [2.05, 4.69) is 0 Å². The Bertz CT molecular complexity index is 581. The molecule has 0 aliphatic rings. The monoisotopic (exact) mass is 321 g/mol. The van der Waals surface area contributed by atoms with Crippen molar-refractivity contribution in [2.75, 3.05) is 0 Å². The van der Waals surface area contributed by atoms with Crippen LogP contribution in [0.4, 0.5) is 10.5 Å². The van der Waals surface area contributed by atoms with Gasteiger partial charge >= 0.3 is 6.09 Å². The summed E-state index contributed by atoms with van der Waals surface area (Å²) >= 11 is 0. The van der Waals surface area contributed by atoms with E-state index in [4.69, 9.17) is 15.9 Å². The van der Waals surface area contributed by atoms with E-state index in [1.54, 1.807) is 26.0 Å². The quantitative estimate of drug-likeness (QED) is 0.433. The maximum atomic E-state index is 10.8. The zero-order valence-corrected chi connectivity index (χ0v) is 13.7. The molecule has 23 heavy (non-hydrogen) atoms. The Labute approximate surface area is 135 Å². The van der Waals surface area contributed by atoms with Crippen LogP contribution in [0.15, 0.2) is 24.3 Å². The molecule has 0 fully saturated rings. The van der Waals surface area contributed by atoms with E-state index < -0.39 is 16.6 Å². The summed E-state index contributed by atoms with van der Waals surface area (Å²) < 4.78 is 5.05. The first-order valence-electron chi connectivity index (χ1n) is 7.37. The van der Waals surface area contributed by atoms with Gasteiger partial charge in [0, 0.05) is 24.3 Å². The van der Waals surface area contributed by atoms with Gasteiger partial charge in [-0.3, -0.25) is 10.1 Å². The number of amides is 1. The van der Waals surface area contributed by atoms with Gasteiger partial charge in [-0.25, -0.2) is 4.79 Å². The molecular weight excluding hydrogens is 298 g/mol. The third kappa shape index (κ3) is 6.90. The summed E-state index contributed by atoms with van der Waals surface area (Å²) in [6.07, 6.45) is 0.795. The van der Waals surface area contributed by atoms with Crippen molar-refractivity contribution in [2.45, 2.75) is 45.6 Å². The number of hydrogen-bond donors (Lipinski definition) is 2. The van der Waals surface area contributed by atoms with Crippen LogP contribution in [0.25, 0.3) is 0 Å². The average Bonchev–Trinajstić information content (AvgIpc) is 2.36. The van der Waals surface area contributed by atoms with Gasteiger partial charge in [-0.2, -0.15) is 0 Å². The topological polar surface area (TPSA) is 119 Å². The van der Waals surface area contributed by atoms with E-state index in [9.17, 15) is 14.9 Å². The summed E-state index contributed by atoms with van der Waals surface area (Å²) in [4.78, 5) is 21.0. The van der Waals surface area contributed by atoms with Crippen LogP contribution in [-0.2, 0) is 11.2 Å².